The van der Waals surface area contributed by atoms with Crippen molar-refractivity contribution >= 4 is 29.9 Å². The SMILES string of the molecule is CN=C(NCc1cccnc1OCC(F)(F)F)NCC1(C)CCCO1.I. The van der Waals surface area contributed by atoms with Crippen molar-refractivity contribution in [2.24, 2.45) is 4.99 Å². The van der Waals surface area contributed by atoms with Crippen molar-refractivity contribution in [1.82, 2.24) is 15.6 Å². The molecule has 1 aromatic rings. The summed E-state index contributed by atoms with van der Waals surface area (Å²) in [5.41, 5.74) is 0.283. The summed E-state index contributed by atoms with van der Waals surface area (Å²) in [7, 11) is 1.62. The monoisotopic (exact) mass is 488 g/mol. The van der Waals surface area contributed by atoms with Gasteiger partial charge in [0, 0.05) is 38.5 Å². The van der Waals surface area contributed by atoms with Crippen LogP contribution in [0.5, 0.6) is 5.88 Å². The van der Waals surface area contributed by atoms with Gasteiger partial charge in [0.05, 0.1) is 5.60 Å². The van der Waals surface area contributed by atoms with Gasteiger partial charge in [-0.05, 0) is 25.8 Å². The van der Waals surface area contributed by atoms with Gasteiger partial charge >= 0.3 is 6.18 Å². The molecule has 0 radical (unpaired) electrons. The van der Waals surface area contributed by atoms with E-state index in [1.54, 1.807) is 19.2 Å². The van der Waals surface area contributed by atoms with Crippen LogP contribution in [-0.2, 0) is 11.3 Å². The summed E-state index contributed by atoms with van der Waals surface area (Å²) in [5.74, 6) is 0.483. The molecule has 1 aliphatic rings. The minimum Gasteiger partial charge on any atom is -0.468 e. The molecule has 2 heterocycles. The highest BCUT2D eigenvalue weighted by Crippen LogP contribution is 2.24. The lowest BCUT2D eigenvalue weighted by Crippen LogP contribution is -2.45. The Bertz CT molecular complexity index is 593. The normalized spacial score (nSPS) is 20.4. The van der Waals surface area contributed by atoms with E-state index < -0.39 is 12.8 Å². The van der Waals surface area contributed by atoms with Gasteiger partial charge in [0.25, 0.3) is 0 Å². The van der Waals surface area contributed by atoms with Gasteiger partial charge in [-0.1, -0.05) is 6.07 Å². The van der Waals surface area contributed by atoms with Crippen molar-refractivity contribution in [3.05, 3.63) is 23.9 Å². The van der Waals surface area contributed by atoms with Crippen LogP contribution in [0, 0.1) is 0 Å². The molecule has 26 heavy (non-hydrogen) atoms. The average Bonchev–Trinajstić information content (AvgIpc) is 3.00. The lowest BCUT2D eigenvalue weighted by molar-refractivity contribution is -0.154. The second-order valence-electron chi connectivity index (χ2n) is 6.05. The average molecular weight is 488 g/mol. The fourth-order valence-electron chi connectivity index (χ4n) is 2.49. The van der Waals surface area contributed by atoms with Crippen molar-refractivity contribution in [3.63, 3.8) is 0 Å². The number of hydrogen-bond donors (Lipinski definition) is 2. The van der Waals surface area contributed by atoms with Crippen molar-refractivity contribution in [2.75, 3.05) is 26.8 Å². The Kier molecular flexibility index (Phi) is 8.87. The van der Waals surface area contributed by atoms with E-state index in [9.17, 15) is 13.2 Å². The Morgan fingerprint density at radius 2 is 2.19 bits per heavy atom. The first-order valence-electron chi connectivity index (χ1n) is 8.03. The fraction of sp³-hybridized carbons (Fsp3) is 0.625. The minimum atomic E-state index is -4.41. The highest BCUT2D eigenvalue weighted by Gasteiger charge is 2.30. The summed E-state index contributed by atoms with van der Waals surface area (Å²) in [5, 5.41) is 6.22. The molecule has 0 saturated carbocycles. The van der Waals surface area contributed by atoms with Crippen LogP contribution < -0.4 is 15.4 Å². The quantitative estimate of drug-likeness (QED) is 0.367. The molecular weight excluding hydrogens is 464 g/mol. The van der Waals surface area contributed by atoms with Gasteiger partial charge in [-0.2, -0.15) is 13.2 Å². The third kappa shape index (κ3) is 7.52. The fourth-order valence-corrected chi connectivity index (χ4v) is 2.49. The van der Waals surface area contributed by atoms with Crippen LogP contribution in [0.2, 0.25) is 0 Å². The van der Waals surface area contributed by atoms with Crippen LogP contribution in [0.3, 0.4) is 0 Å². The van der Waals surface area contributed by atoms with E-state index >= 15 is 0 Å². The van der Waals surface area contributed by atoms with E-state index in [4.69, 9.17) is 9.47 Å². The maximum atomic E-state index is 12.3. The molecule has 0 aromatic carbocycles. The standard InChI is InChI=1S/C16H23F3N4O2.HI/c1-15(6-4-8-25-15)10-23-14(20-2)22-9-12-5-3-7-21-13(12)24-11-16(17,18)19;/h3,5,7H,4,6,8-11H2,1-2H3,(H2,20,22,23);1H. The number of aromatic nitrogens is 1. The summed E-state index contributed by atoms with van der Waals surface area (Å²) in [6.07, 6.45) is -1.02. The van der Waals surface area contributed by atoms with Crippen LogP contribution in [-0.4, -0.2) is 49.5 Å². The first kappa shape index (κ1) is 22.7. The Labute approximate surface area is 168 Å². The molecule has 1 atom stereocenters. The van der Waals surface area contributed by atoms with Gasteiger partial charge in [0.2, 0.25) is 5.88 Å². The molecule has 0 amide bonds. The van der Waals surface area contributed by atoms with E-state index in [0.29, 0.717) is 18.1 Å². The molecule has 1 fully saturated rings. The molecule has 1 aromatic heterocycles. The first-order valence-corrected chi connectivity index (χ1v) is 8.03. The summed E-state index contributed by atoms with van der Waals surface area (Å²) in [4.78, 5) is 7.97. The van der Waals surface area contributed by atoms with E-state index in [0.717, 1.165) is 19.4 Å². The second-order valence-corrected chi connectivity index (χ2v) is 6.05. The van der Waals surface area contributed by atoms with E-state index in [2.05, 4.69) is 20.6 Å². The molecule has 6 nitrogen and oxygen atoms in total. The summed E-state index contributed by atoms with van der Waals surface area (Å²) in [6, 6.07) is 3.29. The van der Waals surface area contributed by atoms with Crippen molar-refractivity contribution < 1.29 is 22.6 Å². The van der Waals surface area contributed by atoms with E-state index in [1.165, 1.54) is 6.20 Å². The number of rotatable bonds is 6. The lowest BCUT2D eigenvalue weighted by atomic mass is 10.0. The van der Waals surface area contributed by atoms with Crippen molar-refractivity contribution in [3.8, 4) is 5.88 Å². The van der Waals surface area contributed by atoms with Crippen molar-refractivity contribution in [2.45, 2.75) is 38.1 Å². The zero-order valence-electron chi connectivity index (χ0n) is 14.7. The molecule has 1 unspecified atom stereocenters. The minimum absolute atomic E-state index is 0. The molecule has 0 bridgehead atoms. The topological polar surface area (TPSA) is 67.8 Å². The Morgan fingerprint density at radius 3 is 2.81 bits per heavy atom. The Balaban J connectivity index is 0.00000338. The van der Waals surface area contributed by atoms with Gasteiger partial charge in [-0.25, -0.2) is 4.98 Å². The summed E-state index contributed by atoms with van der Waals surface area (Å²) >= 11 is 0. The highest BCUT2D eigenvalue weighted by atomic mass is 127. The summed E-state index contributed by atoms with van der Waals surface area (Å²) < 4.78 is 47.4. The number of guanidine groups is 1. The van der Waals surface area contributed by atoms with Gasteiger partial charge in [-0.3, -0.25) is 4.99 Å². The number of halogens is 4. The molecule has 1 aliphatic heterocycles. The number of ether oxygens (including phenoxy) is 2. The molecule has 2 N–H and O–H groups in total. The van der Waals surface area contributed by atoms with Crippen molar-refractivity contribution in [1.29, 1.82) is 0 Å². The maximum absolute atomic E-state index is 12.3. The lowest BCUT2D eigenvalue weighted by Gasteiger charge is -2.24. The number of nitrogens with one attached hydrogen (secondary N) is 2. The first-order chi connectivity index (χ1) is 11.8. The molecule has 148 valence electrons. The molecule has 10 heteroatoms. The van der Waals surface area contributed by atoms with Crippen LogP contribution in [0.4, 0.5) is 13.2 Å². The van der Waals surface area contributed by atoms with Gasteiger partial charge in [0.15, 0.2) is 12.6 Å². The highest BCUT2D eigenvalue weighted by molar-refractivity contribution is 14.0. The molecular formula is C16H24F3IN4O2. The molecule has 0 spiro atoms. The van der Waals surface area contributed by atoms with Crippen LogP contribution >= 0.6 is 24.0 Å². The Hall–Kier alpha value is -1.30. The third-order valence-electron chi connectivity index (χ3n) is 3.82. The molecule has 1 saturated heterocycles. The smallest absolute Gasteiger partial charge is 0.422 e. The number of nitrogens with zero attached hydrogens (tertiary/aromatic N) is 2. The largest absolute Gasteiger partial charge is 0.468 e. The number of alkyl halides is 3. The van der Waals surface area contributed by atoms with Gasteiger partial charge in [-0.15, -0.1) is 24.0 Å². The van der Waals surface area contributed by atoms with Crippen LogP contribution in [0.1, 0.15) is 25.3 Å². The third-order valence-corrected chi connectivity index (χ3v) is 3.82. The second kappa shape index (κ2) is 10.1. The number of pyridine rings is 1. The van der Waals surface area contributed by atoms with E-state index in [1.807, 2.05) is 6.92 Å². The number of aliphatic imine (C=N–C) groups is 1. The molecule has 2 rings (SSSR count). The number of hydrogen-bond acceptors (Lipinski definition) is 4. The zero-order valence-corrected chi connectivity index (χ0v) is 17.1. The molecule has 0 aliphatic carbocycles. The predicted molar refractivity (Wildman–Crippen MR) is 103 cm³/mol. The maximum Gasteiger partial charge on any atom is 0.422 e. The summed E-state index contributed by atoms with van der Waals surface area (Å²) in [6.45, 7) is 2.24. The van der Waals surface area contributed by atoms with E-state index in [-0.39, 0.29) is 42.0 Å². The van der Waals surface area contributed by atoms with Gasteiger partial charge in [0.1, 0.15) is 0 Å². The zero-order chi connectivity index (χ0) is 18.3. The Morgan fingerprint density at radius 1 is 1.42 bits per heavy atom. The van der Waals surface area contributed by atoms with Crippen LogP contribution in [0.25, 0.3) is 0 Å². The predicted octanol–water partition coefficient (Wildman–Crippen LogP) is 2.87. The van der Waals surface area contributed by atoms with Gasteiger partial charge < -0.3 is 20.1 Å². The van der Waals surface area contributed by atoms with Crippen LogP contribution in [0.15, 0.2) is 23.3 Å².